The molecule has 1 fully saturated rings. The number of carbonyl (C=O) groups excluding carboxylic acids is 1. The van der Waals surface area contributed by atoms with E-state index < -0.39 is 17.8 Å². The lowest BCUT2D eigenvalue weighted by Gasteiger charge is -2.23. The van der Waals surface area contributed by atoms with Gasteiger partial charge in [0.25, 0.3) is 0 Å². The predicted octanol–water partition coefficient (Wildman–Crippen LogP) is 4.34. The fourth-order valence-electron chi connectivity index (χ4n) is 3.61. The van der Waals surface area contributed by atoms with E-state index in [1.165, 1.54) is 12.1 Å². The summed E-state index contributed by atoms with van der Waals surface area (Å²) in [7, 11) is 0. The van der Waals surface area contributed by atoms with Crippen molar-refractivity contribution in [3.05, 3.63) is 42.0 Å². The lowest BCUT2D eigenvalue weighted by atomic mass is 9.92. The van der Waals surface area contributed by atoms with Crippen LogP contribution in [0.15, 0.2) is 36.4 Å². The van der Waals surface area contributed by atoms with Gasteiger partial charge in [0.15, 0.2) is 0 Å². The van der Waals surface area contributed by atoms with E-state index in [2.05, 4.69) is 0 Å². The van der Waals surface area contributed by atoms with E-state index >= 15 is 0 Å². The van der Waals surface area contributed by atoms with Gasteiger partial charge in [0, 0.05) is 17.7 Å². The Morgan fingerprint density at radius 2 is 2.03 bits per heavy atom. The number of allylic oxidation sites excluding steroid dienone is 2. The number of hydrogen-bond acceptors (Lipinski definition) is 5. The summed E-state index contributed by atoms with van der Waals surface area (Å²) in [5, 5.41) is 18.7. The van der Waals surface area contributed by atoms with Crippen LogP contribution >= 0.6 is 11.6 Å². The predicted molar refractivity (Wildman–Crippen MR) is 110 cm³/mol. The number of unbranched alkanes of at least 4 members (excludes halogenated alkanes) is 1. The number of alkyl halides is 4. The Hall–Kier alpha value is -1.77. The number of carbonyl (C=O) groups is 1. The van der Waals surface area contributed by atoms with Crippen molar-refractivity contribution < 1.29 is 37.7 Å². The molecule has 2 N–H and O–H groups in total. The molecule has 0 aromatic heterocycles. The first kappa shape index (κ1) is 25.5. The van der Waals surface area contributed by atoms with Crippen LogP contribution in [0.2, 0.25) is 0 Å². The van der Waals surface area contributed by atoms with Crippen molar-refractivity contribution in [1.82, 2.24) is 0 Å². The van der Waals surface area contributed by atoms with E-state index in [4.69, 9.17) is 26.2 Å². The monoisotopic (exact) mass is 464 g/mol. The summed E-state index contributed by atoms with van der Waals surface area (Å²) in [5.41, 5.74) is -0.785. The Kier molecular flexibility index (Phi) is 10.1. The molecule has 0 heterocycles. The first-order valence-corrected chi connectivity index (χ1v) is 10.7. The van der Waals surface area contributed by atoms with E-state index in [0.29, 0.717) is 25.7 Å². The average Bonchev–Trinajstić information content (AvgIpc) is 2.99. The molecule has 1 aliphatic rings. The topological polar surface area (TPSA) is 76.0 Å². The van der Waals surface area contributed by atoms with Crippen molar-refractivity contribution in [2.75, 3.05) is 19.8 Å². The van der Waals surface area contributed by atoms with Crippen LogP contribution in [0.1, 0.15) is 37.7 Å². The van der Waals surface area contributed by atoms with Crippen molar-refractivity contribution in [2.24, 2.45) is 11.8 Å². The largest absolute Gasteiger partial charge is 0.493 e. The van der Waals surface area contributed by atoms with Crippen LogP contribution in [0, 0.1) is 11.8 Å². The van der Waals surface area contributed by atoms with Crippen LogP contribution in [0.5, 0.6) is 5.75 Å². The number of halogens is 4. The number of aliphatic hydroxyl groups excluding tert-OH is 2. The highest BCUT2D eigenvalue weighted by Gasteiger charge is 2.41. The summed E-state index contributed by atoms with van der Waals surface area (Å²) >= 11 is 6.38. The van der Waals surface area contributed by atoms with Crippen LogP contribution in [0.25, 0.3) is 0 Å². The fraction of sp³-hybridized carbons (Fsp3) is 0.591. The average molecular weight is 465 g/mol. The van der Waals surface area contributed by atoms with Gasteiger partial charge in [-0.1, -0.05) is 18.2 Å². The smallest absolute Gasteiger partial charge is 0.416 e. The second-order valence-electron chi connectivity index (χ2n) is 7.53. The molecule has 1 aromatic rings. The van der Waals surface area contributed by atoms with Gasteiger partial charge in [-0.25, -0.2) is 0 Å². The molecule has 0 saturated heterocycles. The highest BCUT2D eigenvalue weighted by atomic mass is 35.5. The Balaban J connectivity index is 1.82. The van der Waals surface area contributed by atoms with Gasteiger partial charge in [0.2, 0.25) is 0 Å². The second kappa shape index (κ2) is 12.3. The Morgan fingerprint density at radius 3 is 2.74 bits per heavy atom. The summed E-state index contributed by atoms with van der Waals surface area (Å²) in [6.45, 7) is -0.127. The molecule has 5 nitrogen and oxygen atoms in total. The van der Waals surface area contributed by atoms with Gasteiger partial charge in [-0.15, -0.1) is 11.6 Å². The lowest BCUT2D eigenvalue weighted by molar-refractivity contribution is -0.144. The first-order chi connectivity index (χ1) is 14.7. The summed E-state index contributed by atoms with van der Waals surface area (Å²) in [6, 6.07) is 4.66. The third kappa shape index (κ3) is 8.35. The van der Waals surface area contributed by atoms with E-state index in [1.807, 2.05) is 12.2 Å². The molecular weight excluding hydrogens is 437 g/mol. The molecule has 0 amide bonds. The Morgan fingerprint density at radius 1 is 1.26 bits per heavy atom. The lowest BCUT2D eigenvalue weighted by Crippen LogP contribution is -2.27. The summed E-state index contributed by atoms with van der Waals surface area (Å²) < 4.78 is 48.9. The molecule has 1 saturated carbocycles. The minimum atomic E-state index is -4.45. The zero-order valence-electron chi connectivity index (χ0n) is 17.1. The molecule has 174 valence electrons. The number of hydrogen-bond donors (Lipinski definition) is 2. The van der Waals surface area contributed by atoms with Crippen molar-refractivity contribution in [1.29, 1.82) is 0 Å². The van der Waals surface area contributed by atoms with Gasteiger partial charge < -0.3 is 19.7 Å². The van der Waals surface area contributed by atoms with Gasteiger partial charge in [-0.3, -0.25) is 4.79 Å². The fourth-order valence-corrected chi connectivity index (χ4v) is 4.09. The molecule has 0 aliphatic heterocycles. The Bertz CT molecular complexity index is 725. The number of esters is 1. The maximum Gasteiger partial charge on any atom is 0.416 e. The number of ether oxygens (including phenoxy) is 2. The van der Waals surface area contributed by atoms with Gasteiger partial charge >= 0.3 is 12.1 Å². The summed E-state index contributed by atoms with van der Waals surface area (Å²) in [6.07, 6.45) is 1.27. The molecule has 31 heavy (non-hydrogen) atoms. The SMILES string of the molecule is O=C(CCC/C=C\C[C@@H]1[C@@H](COc2cccc(C(F)(F)F)c2)[C@H](O)C[C@H]1Cl)OCCO. The van der Waals surface area contributed by atoms with Crippen LogP contribution in [-0.4, -0.2) is 47.5 Å². The van der Waals surface area contributed by atoms with Gasteiger partial charge in [0.05, 0.1) is 24.9 Å². The molecule has 0 radical (unpaired) electrons. The standard InChI is InChI=1S/C22H28ClF3O5/c23-19-13-20(28)18(14-31-16-7-5-6-15(12-16)22(24,25)26)17(19)8-3-1-2-4-9-21(29)30-11-10-27/h1,3,5-7,12,17-20,27-28H,2,4,8-11,13-14H2/b3-1-/t17-,18-,19-,20-/m1/s1. The van der Waals surface area contributed by atoms with Crippen molar-refractivity contribution in [2.45, 2.75) is 49.8 Å². The third-order valence-electron chi connectivity index (χ3n) is 5.26. The highest BCUT2D eigenvalue weighted by Crippen LogP contribution is 2.39. The Labute approximate surface area is 184 Å². The summed E-state index contributed by atoms with van der Waals surface area (Å²) in [4.78, 5) is 11.4. The molecule has 0 spiro atoms. The van der Waals surface area contributed by atoms with Gasteiger partial charge in [-0.05, 0) is 49.8 Å². The normalized spacial score (nSPS) is 23.9. The molecular formula is C22H28ClF3O5. The van der Waals surface area contributed by atoms with Crippen molar-refractivity contribution in [3.63, 3.8) is 0 Å². The molecule has 0 bridgehead atoms. The van der Waals surface area contributed by atoms with Gasteiger partial charge in [-0.2, -0.15) is 13.2 Å². The zero-order valence-corrected chi connectivity index (χ0v) is 17.8. The highest BCUT2D eigenvalue weighted by molar-refractivity contribution is 6.21. The summed E-state index contributed by atoms with van der Waals surface area (Å²) in [5.74, 6) is -0.625. The number of rotatable bonds is 11. The number of aliphatic hydroxyl groups is 2. The quantitative estimate of drug-likeness (QED) is 0.220. The maximum absolute atomic E-state index is 12.9. The molecule has 0 unspecified atom stereocenters. The molecule has 4 atom stereocenters. The van der Waals surface area contributed by atoms with E-state index in [1.54, 1.807) is 0 Å². The minimum Gasteiger partial charge on any atom is -0.493 e. The van der Waals surface area contributed by atoms with E-state index in [9.17, 15) is 23.1 Å². The van der Waals surface area contributed by atoms with Crippen molar-refractivity contribution in [3.8, 4) is 5.75 Å². The van der Waals surface area contributed by atoms with Gasteiger partial charge in [0.1, 0.15) is 12.4 Å². The molecule has 1 aliphatic carbocycles. The molecule has 1 aromatic carbocycles. The van der Waals surface area contributed by atoms with Crippen LogP contribution in [-0.2, 0) is 15.7 Å². The zero-order chi connectivity index (χ0) is 22.9. The van der Waals surface area contributed by atoms with Crippen LogP contribution in [0.3, 0.4) is 0 Å². The van der Waals surface area contributed by atoms with Crippen molar-refractivity contribution >= 4 is 17.6 Å². The first-order valence-electron chi connectivity index (χ1n) is 10.3. The molecule has 9 heteroatoms. The van der Waals surface area contributed by atoms with E-state index in [-0.39, 0.29) is 55.2 Å². The van der Waals surface area contributed by atoms with Crippen LogP contribution in [0.4, 0.5) is 13.2 Å². The minimum absolute atomic E-state index is 0.000250. The van der Waals surface area contributed by atoms with Crippen LogP contribution < -0.4 is 4.74 Å². The maximum atomic E-state index is 12.9. The number of benzene rings is 1. The third-order valence-corrected chi connectivity index (χ3v) is 5.76. The van der Waals surface area contributed by atoms with E-state index in [0.717, 1.165) is 12.1 Å². The second-order valence-corrected chi connectivity index (χ2v) is 8.09. The molecule has 2 rings (SSSR count).